The lowest BCUT2D eigenvalue weighted by atomic mass is 10.2. The molecule has 4 heteroatoms. The third kappa shape index (κ3) is 2.92. The minimum Gasteiger partial charge on any atom is -0.298 e. The molecule has 1 atom stereocenters. The van der Waals surface area contributed by atoms with Crippen LogP contribution in [0.25, 0.3) is 0 Å². The van der Waals surface area contributed by atoms with Crippen LogP contribution in [0.5, 0.6) is 0 Å². The van der Waals surface area contributed by atoms with Crippen LogP contribution in [-0.2, 0) is 6.54 Å². The van der Waals surface area contributed by atoms with Gasteiger partial charge in [-0.2, -0.15) is 11.8 Å². The highest BCUT2D eigenvalue weighted by Gasteiger charge is 2.19. The van der Waals surface area contributed by atoms with E-state index in [0.29, 0.717) is 6.04 Å². The lowest BCUT2D eigenvalue weighted by molar-refractivity contribution is 0.254. The summed E-state index contributed by atoms with van der Waals surface area (Å²) in [6.45, 7) is 0.788. The quantitative estimate of drug-likeness (QED) is 0.785. The van der Waals surface area contributed by atoms with Crippen molar-refractivity contribution in [2.75, 3.05) is 18.6 Å². The standard InChI is InChI=1S/C11H15FN2S/c1-14(11-2-3-15-8-11)7-9-4-10(12)6-13-5-9/h4-6,11H,2-3,7-8H2,1H3/t11-/m0/s1. The fraction of sp³-hybridized carbons (Fsp3) is 0.545. The summed E-state index contributed by atoms with van der Waals surface area (Å²) < 4.78 is 12.9. The van der Waals surface area contributed by atoms with Gasteiger partial charge >= 0.3 is 0 Å². The first-order valence-corrected chi connectivity index (χ1v) is 6.28. The fourth-order valence-corrected chi connectivity index (χ4v) is 3.13. The lowest BCUT2D eigenvalue weighted by Gasteiger charge is -2.23. The highest BCUT2D eigenvalue weighted by atomic mass is 32.2. The van der Waals surface area contributed by atoms with Crippen LogP contribution in [0.15, 0.2) is 18.5 Å². The number of aromatic nitrogens is 1. The fourth-order valence-electron chi connectivity index (χ4n) is 1.83. The summed E-state index contributed by atoms with van der Waals surface area (Å²) in [5, 5.41) is 0. The van der Waals surface area contributed by atoms with Crippen LogP contribution in [0.3, 0.4) is 0 Å². The molecule has 1 fully saturated rings. The Labute approximate surface area is 93.9 Å². The van der Waals surface area contributed by atoms with E-state index in [1.807, 2.05) is 11.8 Å². The zero-order chi connectivity index (χ0) is 10.7. The smallest absolute Gasteiger partial charge is 0.141 e. The SMILES string of the molecule is CN(Cc1cncc(F)c1)[C@H]1CCSC1. The van der Waals surface area contributed by atoms with E-state index in [4.69, 9.17) is 0 Å². The number of halogens is 1. The maximum atomic E-state index is 12.9. The monoisotopic (exact) mass is 226 g/mol. The molecule has 1 aliphatic heterocycles. The van der Waals surface area contributed by atoms with Gasteiger partial charge in [0, 0.05) is 24.5 Å². The Balaban J connectivity index is 1.95. The zero-order valence-electron chi connectivity index (χ0n) is 8.82. The van der Waals surface area contributed by atoms with Crippen molar-refractivity contribution in [2.24, 2.45) is 0 Å². The van der Waals surface area contributed by atoms with Gasteiger partial charge in [0.05, 0.1) is 6.20 Å². The predicted octanol–water partition coefficient (Wildman–Crippen LogP) is 2.16. The van der Waals surface area contributed by atoms with E-state index in [1.54, 1.807) is 12.3 Å². The molecule has 0 aromatic carbocycles. The third-order valence-corrected chi connectivity index (χ3v) is 3.87. The first-order chi connectivity index (χ1) is 7.25. The van der Waals surface area contributed by atoms with Crippen molar-refractivity contribution in [3.63, 3.8) is 0 Å². The molecule has 1 aromatic heterocycles. The van der Waals surface area contributed by atoms with Crippen LogP contribution in [-0.4, -0.2) is 34.5 Å². The topological polar surface area (TPSA) is 16.1 Å². The molecule has 15 heavy (non-hydrogen) atoms. The summed E-state index contributed by atoms with van der Waals surface area (Å²) in [5.41, 5.74) is 0.953. The van der Waals surface area contributed by atoms with E-state index >= 15 is 0 Å². The minimum atomic E-state index is -0.248. The van der Waals surface area contributed by atoms with Gasteiger partial charge in [-0.15, -0.1) is 0 Å². The van der Waals surface area contributed by atoms with Crippen LogP contribution in [0.1, 0.15) is 12.0 Å². The number of rotatable bonds is 3. The van der Waals surface area contributed by atoms with Crippen molar-refractivity contribution >= 4 is 11.8 Å². The molecule has 0 N–H and O–H groups in total. The van der Waals surface area contributed by atoms with Crippen molar-refractivity contribution in [2.45, 2.75) is 19.0 Å². The summed E-state index contributed by atoms with van der Waals surface area (Å²) in [7, 11) is 2.10. The molecule has 0 aliphatic carbocycles. The molecule has 2 rings (SSSR count). The van der Waals surface area contributed by atoms with Gasteiger partial charge in [0.2, 0.25) is 0 Å². The average Bonchev–Trinajstić information content (AvgIpc) is 2.70. The highest BCUT2D eigenvalue weighted by Crippen LogP contribution is 2.22. The van der Waals surface area contributed by atoms with Crippen molar-refractivity contribution < 1.29 is 4.39 Å². The van der Waals surface area contributed by atoms with Crippen LogP contribution in [0, 0.1) is 5.82 Å². The summed E-state index contributed by atoms with van der Waals surface area (Å²) in [6.07, 6.45) is 4.22. The Bertz CT molecular complexity index is 326. The second-order valence-electron chi connectivity index (χ2n) is 3.94. The molecule has 2 nitrogen and oxygen atoms in total. The molecule has 1 saturated heterocycles. The molecule has 0 amide bonds. The van der Waals surface area contributed by atoms with Gasteiger partial charge in [-0.25, -0.2) is 4.39 Å². The first kappa shape index (κ1) is 10.9. The molecule has 0 saturated carbocycles. The van der Waals surface area contributed by atoms with E-state index in [9.17, 15) is 4.39 Å². The summed E-state index contributed by atoms with van der Waals surface area (Å²) in [4.78, 5) is 6.15. The zero-order valence-corrected chi connectivity index (χ0v) is 9.63. The predicted molar refractivity (Wildman–Crippen MR) is 61.4 cm³/mol. The largest absolute Gasteiger partial charge is 0.298 e. The normalized spacial score (nSPS) is 21.1. The van der Waals surface area contributed by atoms with Crippen LogP contribution >= 0.6 is 11.8 Å². The van der Waals surface area contributed by atoms with Gasteiger partial charge in [-0.3, -0.25) is 9.88 Å². The first-order valence-electron chi connectivity index (χ1n) is 5.13. The average molecular weight is 226 g/mol. The molecular formula is C11H15FN2S. The van der Waals surface area contributed by atoms with Crippen LogP contribution in [0.2, 0.25) is 0 Å². The van der Waals surface area contributed by atoms with Crippen molar-refractivity contribution in [3.05, 3.63) is 29.8 Å². The molecule has 0 radical (unpaired) electrons. The maximum absolute atomic E-state index is 12.9. The number of thioether (sulfide) groups is 1. The number of nitrogens with zero attached hydrogens (tertiary/aromatic N) is 2. The van der Waals surface area contributed by atoms with E-state index in [1.165, 1.54) is 24.1 Å². The summed E-state index contributed by atoms with van der Waals surface area (Å²) in [6, 6.07) is 2.20. The molecule has 0 spiro atoms. The van der Waals surface area contributed by atoms with Crippen LogP contribution in [0.4, 0.5) is 4.39 Å². The molecular weight excluding hydrogens is 211 g/mol. The summed E-state index contributed by atoms with van der Waals surface area (Å²) in [5.74, 6) is 2.19. The van der Waals surface area contributed by atoms with E-state index < -0.39 is 0 Å². The molecule has 1 aromatic rings. The lowest BCUT2D eigenvalue weighted by Crippen LogP contribution is -2.30. The second-order valence-corrected chi connectivity index (χ2v) is 5.09. The van der Waals surface area contributed by atoms with Crippen LogP contribution < -0.4 is 0 Å². The Hall–Kier alpha value is -0.610. The van der Waals surface area contributed by atoms with Gasteiger partial charge in [-0.1, -0.05) is 0 Å². The molecule has 2 heterocycles. The van der Waals surface area contributed by atoms with Crippen molar-refractivity contribution in [1.82, 2.24) is 9.88 Å². The van der Waals surface area contributed by atoms with E-state index in [2.05, 4.69) is 16.9 Å². The second kappa shape index (κ2) is 4.94. The van der Waals surface area contributed by atoms with E-state index in [-0.39, 0.29) is 5.82 Å². The third-order valence-electron chi connectivity index (χ3n) is 2.72. The van der Waals surface area contributed by atoms with Crippen molar-refractivity contribution in [3.8, 4) is 0 Å². The Kier molecular flexibility index (Phi) is 3.59. The maximum Gasteiger partial charge on any atom is 0.141 e. The highest BCUT2D eigenvalue weighted by molar-refractivity contribution is 7.99. The van der Waals surface area contributed by atoms with Gasteiger partial charge in [0.25, 0.3) is 0 Å². The van der Waals surface area contributed by atoms with Crippen molar-refractivity contribution in [1.29, 1.82) is 0 Å². The number of hydrogen-bond acceptors (Lipinski definition) is 3. The Morgan fingerprint density at radius 2 is 2.47 bits per heavy atom. The number of hydrogen-bond donors (Lipinski definition) is 0. The Morgan fingerprint density at radius 1 is 1.60 bits per heavy atom. The van der Waals surface area contributed by atoms with Gasteiger partial charge in [-0.05, 0) is 30.9 Å². The molecule has 0 bridgehead atoms. The minimum absolute atomic E-state index is 0.248. The van der Waals surface area contributed by atoms with Gasteiger partial charge in [0.1, 0.15) is 5.82 Å². The molecule has 1 aliphatic rings. The van der Waals surface area contributed by atoms with Gasteiger partial charge < -0.3 is 0 Å². The molecule has 0 unspecified atom stereocenters. The number of pyridine rings is 1. The summed E-state index contributed by atoms with van der Waals surface area (Å²) >= 11 is 1.99. The molecule has 82 valence electrons. The van der Waals surface area contributed by atoms with E-state index in [0.717, 1.165) is 12.1 Å². The Morgan fingerprint density at radius 3 is 3.13 bits per heavy atom. The van der Waals surface area contributed by atoms with Gasteiger partial charge in [0.15, 0.2) is 0 Å².